The number of nitrogens with zero attached hydrogens (tertiary/aromatic N) is 1. The molecule has 0 aromatic heterocycles. The van der Waals surface area contributed by atoms with Crippen LogP contribution in [-0.2, 0) is 25.6 Å². The van der Waals surface area contributed by atoms with Crippen molar-refractivity contribution in [2.45, 2.75) is 84.0 Å². The van der Waals surface area contributed by atoms with Crippen molar-refractivity contribution in [3.8, 4) is 5.75 Å². The maximum Gasteiger partial charge on any atom is 0.326 e. The Hall–Kier alpha value is -3.87. The Labute approximate surface area is 235 Å². The molecule has 1 rings (SSSR count). The predicted molar refractivity (Wildman–Crippen MR) is 152 cm³/mol. The number of phenolic OH excluding ortho intramolecular Hbond substituents is 1. The molecule has 0 aliphatic rings. The van der Waals surface area contributed by atoms with Crippen molar-refractivity contribution in [1.29, 1.82) is 0 Å². The highest BCUT2D eigenvalue weighted by molar-refractivity contribution is 5.94. The van der Waals surface area contributed by atoms with Crippen LogP contribution in [0.15, 0.2) is 29.3 Å². The summed E-state index contributed by atoms with van der Waals surface area (Å²) in [6.07, 6.45) is 1.63. The first-order valence-corrected chi connectivity index (χ1v) is 13.5. The van der Waals surface area contributed by atoms with Gasteiger partial charge in [0, 0.05) is 13.0 Å². The highest BCUT2D eigenvalue weighted by atomic mass is 16.4. The normalized spacial score (nSPS) is 15.4. The van der Waals surface area contributed by atoms with Crippen molar-refractivity contribution >= 4 is 29.7 Å². The summed E-state index contributed by atoms with van der Waals surface area (Å²) in [5.74, 6) is -3.63. The molecule has 3 amide bonds. The summed E-state index contributed by atoms with van der Waals surface area (Å²) in [5.41, 5.74) is 17.5. The van der Waals surface area contributed by atoms with E-state index in [9.17, 15) is 29.4 Å². The number of carbonyl (C=O) groups excluding carboxylic acids is 3. The molecule has 40 heavy (non-hydrogen) atoms. The highest BCUT2D eigenvalue weighted by Gasteiger charge is 2.32. The topological polar surface area (TPSA) is 235 Å². The quantitative estimate of drug-likeness (QED) is 0.0719. The van der Waals surface area contributed by atoms with Crippen LogP contribution in [0.3, 0.4) is 0 Å². The molecule has 13 nitrogen and oxygen atoms in total. The maximum atomic E-state index is 13.5. The molecule has 0 spiro atoms. The van der Waals surface area contributed by atoms with Crippen molar-refractivity contribution in [3.63, 3.8) is 0 Å². The number of phenols is 1. The minimum absolute atomic E-state index is 0.0411. The zero-order chi connectivity index (χ0) is 30.4. The van der Waals surface area contributed by atoms with Gasteiger partial charge in [-0.05, 0) is 42.4 Å². The molecule has 6 unspecified atom stereocenters. The average Bonchev–Trinajstić information content (AvgIpc) is 2.91. The number of amides is 3. The Morgan fingerprint density at radius 3 is 1.95 bits per heavy atom. The number of carboxylic acids is 1. The molecule has 0 bridgehead atoms. The van der Waals surface area contributed by atoms with Crippen molar-refractivity contribution in [2.24, 2.45) is 34.0 Å². The third-order valence-electron chi connectivity index (χ3n) is 6.92. The summed E-state index contributed by atoms with van der Waals surface area (Å²) in [6, 6.07) is 1.88. The second-order valence-electron chi connectivity index (χ2n) is 10.1. The lowest BCUT2D eigenvalue weighted by molar-refractivity contribution is -0.144. The SMILES string of the molecule is CCC(C)C(N)C(=O)NC(Cc1ccc(O)cc1)C(=O)NC(CCCN=C(N)N)C(=O)NC(C(=O)O)C(C)CC. The predicted octanol–water partition coefficient (Wildman–Crippen LogP) is -0.0532. The van der Waals surface area contributed by atoms with Crippen LogP contribution in [0.1, 0.15) is 58.9 Å². The van der Waals surface area contributed by atoms with E-state index in [0.717, 1.165) is 0 Å². The van der Waals surface area contributed by atoms with E-state index in [1.54, 1.807) is 19.1 Å². The Morgan fingerprint density at radius 2 is 1.43 bits per heavy atom. The van der Waals surface area contributed by atoms with Gasteiger partial charge in [0.15, 0.2) is 5.96 Å². The second kappa shape index (κ2) is 17.0. The van der Waals surface area contributed by atoms with Gasteiger partial charge in [-0.15, -0.1) is 0 Å². The van der Waals surface area contributed by atoms with Crippen LogP contribution in [0.25, 0.3) is 0 Å². The smallest absolute Gasteiger partial charge is 0.326 e. The number of hydrogen-bond donors (Lipinski definition) is 8. The second-order valence-corrected chi connectivity index (χ2v) is 10.1. The summed E-state index contributed by atoms with van der Waals surface area (Å²) < 4.78 is 0. The van der Waals surface area contributed by atoms with E-state index in [4.69, 9.17) is 17.2 Å². The molecular weight excluding hydrogens is 518 g/mol. The highest BCUT2D eigenvalue weighted by Crippen LogP contribution is 2.14. The van der Waals surface area contributed by atoms with Gasteiger partial charge in [-0.3, -0.25) is 19.4 Å². The van der Waals surface area contributed by atoms with Gasteiger partial charge in [-0.1, -0.05) is 52.7 Å². The minimum atomic E-state index is -1.19. The van der Waals surface area contributed by atoms with Crippen molar-refractivity contribution in [2.75, 3.05) is 6.54 Å². The molecule has 224 valence electrons. The fraction of sp³-hybridized carbons (Fsp3) is 0.593. The van der Waals surface area contributed by atoms with Gasteiger partial charge in [0.2, 0.25) is 17.7 Å². The summed E-state index contributed by atoms with van der Waals surface area (Å²) in [4.78, 5) is 55.3. The number of carboxylic acid groups (broad SMARTS) is 1. The van der Waals surface area contributed by atoms with Gasteiger partial charge in [0.05, 0.1) is 6.04 Å². The van der Waals surface area contributed by atoms with Crippen LogP contribution >= 0.6 is 0 Å². The number of guanidine groups is 1. The van der Waals surface area contributed by atoms with E-state index in [1.165, 1.54) is 12.1 Å². The lowest BCUT2D eigenvalue weighted by atomic mass is 9.97. The van der Waals surface area contributed by atoms with Crippen molar-refractivity contribution < 1.29 is 29.4 Å². The molecule has 0 saturated heterocycles. The van der Waals surface area contributed by atoms with Crippen LogP contribution < -0.4 is 33.2 Å². The zero-order valence-electron chi connectivity index (χ0n) is 23.7. The van der Waals surface area contributed by atoms with Crippen LogP contribution in [0, 0.1) is 11.8 Å². The number of aliphatic imine (C=N–C) groups is 1. The van der Waals surface area contributed by atoms with Crippen molar-refractivity contribution in [1.82, 2.24) is 16.0 Å². The fourth-order valence-electron chi connectivity index (χ4n) is 3.84. The van der Waals surface area contributed by atoms with Crippen LogP contribution in [0.5, 0.6) is 5.75 Å². The molecule has 6 atom stereocenters. The van der Waals surface area contributed by atoms with Crippen LogP contribution in [0.2, 0.25) is 0 Å². The van der Waals surface area contributed by atoms with E-state index in [2.05, 4.69) is 20.9 Å². The average molecular weight is 564 g/mol. The maximum absolute atomic E-state index is 13.5. The van der Waals surface area contributed by atoms with Crippen molar-refractivity contribution in [3.05, 3.63) is 29.8 Å². The Bertz CT molecular complexity index is 1010. The molecular formula is C27H45N7O6. The van der Waals surface area contributed by atoms with E-state index in [0.29, 0.717) is 24.8 Å². The van der Waals surface area contributed by atoms with Gasteiger partial charge in [-0.2, -0.15) is 0 Å². The van der Waals surface area contributed by atoms with E-state index in [1.807, 2.05) is 20.8 Å². The van der Waals surface area contributed by atoms with E-state index < -0.39 is 47.9 Å². The van der Waals surface area contributed by atoms with Crippen LogP contribution in [0.4, 0.5) is 0 Å². The van der Waals surface area contributed by atoms with Crippen LogP contribution in [-0.4, -0.2) is 70.6 Å². The summed E-state index contributed by atoms with van der Waals surface area (Å²) >= 11 is 0. The molecule has 11 N–H and O–H groups in total. The molecule has 0 fully saturated rings. The van der Waals surface area contributed by atoms with E-state index in [-0.39, 0.29) is 42.9 Å². The summed E-state index contributed by atoms with van der Waals surface area (Å²) in [5, 5.41) is 27.1. The lowest BCUT2D eigenvalue weighted by Crippen LogP contribution is -2.58. The molecule has 0 aliphatic heterocycles. The zero-order valence-corrected chi connectivity index (χ0v) is 23.7. The van der Waals surface area contributed by atoms with Gasteiger partial charge >= 0.3 is 5.97 Å². The third kappa shape index (κ3) is 11.5. The third-order valence-corrected chi connectivity index (χ3v) is 6.92. The number of aliphatic carboxylic acids is 1. The van der Waals surface area contributed by atoms with Gasteiger partial charge in [0.25, 0.3) is 0 Å². The largest absolute Gasteiger partial charge is 0.508 e. The number of nitrogens with one attached hydrogen (secondary N) is 3. The number of hydrogen-bond acceptors (Lipinski definition) is 7. The Kier molecular flexibility index (Phi) is 14.5. The standard InChI is InChI=1S/C27H45N7O6/c1-5-15(3)21(28)25(38)33-20(14-17-9-11-18(35)12-10-17)24(37)32-19(8-7-13-31-27(29)30)23(36)34-22(26(39)40)16(4)6-2/h9-12,15-16,19-22,35H,5-8,13-14,28H2,1-4H3,(H,32,37)(H,33,38)(H,34,36)(H,39,40)(H4,29,30,31). The van der Waals surface area contributed by atoms with E-state index >= 15 is 0 Å². The molecule has 1 aromatic carbocycles. The fourth-order valence-corrected chi connectivity index (χ4v) is 3.84. The first kappa shape index (κ1) is 34.2. The number of aromatic hydroxyl groups is 1. The first-order valence-electron chi connectivity index (χ1n) is 13.5. The Balaban J connectivity index is 3.23. The summed E-state index contributed by atoms with van der Waals surface area (Å²) in [6.45, 7) is 7.42. The summed E-state index contributed by atoms with van der Waals surface area (Å²) in [7, 11) is 0. The number of rotatable bonds is 17. The van der Waals surface area contributed by atoms with Gasteiger partial charge in [0.1, 0.15) is 23.9 Å². The van der Waals surface area contributed by atoms with Gasteiger partial charge < -0.3 is 43.4 Å². The first-order chi connectivity index (χ1) is 18.8. The molecule has 0 heterocycles. The molecule has 0 radical (unpaired) electrons. The molecule has 1 aromatic rings. The lowest BCUT2D eigenvalue weighted by Gasteiger charge is -2.27. The number of nitrogens with two attached hydrogens (primary N) is 3. The Morgan fingerprint density at radius 1 is 0.875 bits per heavy atom. The number of benzene rings is 1. The minimum Gasteiger partial charge on any atom is -0.508 e. The molecule has 0 aliphatic carbocycles. The van der Waals surface area contributed by atoms with Gasteiger partial charge in [-0.25, -0.2) is 4.79 Å². The monoisotopic (exact) mass is 563 g/mol. The number of carbonyl (C=O) groups is 4. The molecule has 13 heteroatoms. The molecule has 0 saturated carbocycles.